The van der Waals surface area contributed by atoms with Gasteiger partial charge in [-0.15, -0.1) is 0 Å². The number of aromatic nitrogens is 4. The third-order valence-electron chi connectivity index (χ3n) is 7.35. The molecule has 1 aliphatic carbocycles. The molecular weight excluding hydrogens is 541 g/mol. The fraction of sp³-hybridized carbons (Fsp3) is 0.357. The van der Waals surface area contributed by atoms with Gasteiger partial charge in [-0.05, 0) is 49.9 Å². The molecule has 0 atom stereocenters. The number of halogens is 2. The first kappa shape index (κ1) is 25.9. The van der Waals surface area contributed by atoms with Gasteiger partial charge in [-0.25, -0.2) is 4.79 Å². The van der Waals surface area contributed by atoms with Crippen molar-refractivity contribution < 1.29 is 19.2 Å². The number of benzene rings is 1. The highest BCUT2D eigenvalue weighted by Gasteiger charge is 2.34. The molecule has 1 N–H and O–H groups in total. The summed E-state index contributed by atoms with van der Waals surface area (Å²) in [6, 6.07) is 10.8. The summed E-state index contributed by atoms with van der Waals surface area (Å²) >= 11 is 13.0. The summed E-state index contributed by atoms with van der Waals surface area (Å²) in [7, 11) is 1.61. The molecule has 0 unspecified atom stereocenters. The van der Waals surface area contributed by atoms with Crippen molar-refractivity contribution in [1.82, 2.24) is 19.9 Å². The van der Waals surface area contributed by atoms with E-state index in [1.54, 1.807) is 19.2 Å². The molecule has 2 fully saturated rings. The third kappa shape index (κ3) is 5.26. The number of aromatic carboxylic acids is 1. The molecule has 4 heterocycles. The van der Waals surface area contributed by atoms with Gasteiger partial charge in [-0.1, -0.05) is 34.4 Å². The second-order valence-electron chi connectivity index (χ2n) is 9.99. The molecule has 202 valence electrons. The van der Waals surface area contributed by atoms with Crippen molar-refractivity contribution in [3.05, 3.63) is 69.7 Å². The summed E-state index contributed by atoms with van der Waals surface area (Å²) in [5.74, 6) is 0.243. The molecule has 0 bridgehead atoms. The van der Waals surface area contributed by atoms with Crippen molar-refractivity contribution in [3.63, 3.8) is 0 Å². The predicted molar refractivity (Wildman–Crippen MR) is 147 cm³/mol. The van der Waals surface area contributed by atoms with E-state index in [1.165, 1.54) is 10.7 Å². The fourth-order valence-corrected chi connectivity index (χ4v) is 5.62. The molecular formula is C28H27Cl2N5O4. The maximum atomic E-state index is 11.3. The molecule has 1 aromatic carbocycles. The van der Waals surface area contributed by atoms with Crippen molar-refractivity contribution >= 4 is 34.9 Å². The topological polar surface area (TPSA) is 107 Å². The average molecular weight is 568 g/mol. The summed E-state index contributed by atoms with van der Waals surface area (Å²) in [6.45, 7) is 2.07. The zero-order valence-electron chi connectivity index (χ0n) is 21.3. The fourth-order valence-electron chi connectivity index (χ4n) is 5.05. The van der Waals surface area contributed by atoms with Crippen molar-refractivity contribution in [3.8, 4) is 22.6 Å². The van der Waals surface area contributed by atoms with Crippen LogP contribution in [0.4, 0.5) is 5.69 Å². The summed E-state index contributed by atoms with van der Waals surface area (Å²) in [5.41, 5.74) is 4.59. The molecule has 0 radical (unpaired) electrons. The van der Waals surface area contributed by atoms with Gasteiger partial charge in [0.15, 0.2) is 0 Å². The normalized spacial score (nSPS) is 16.1. The standard InChI is InChI=1S/C28H27Cl2N5O4/c1-34-24(28(36)37)13-23(32-34)22-8-7-17(14-31-22)35-11-9-18(10-12-35)38-15-19-26(33-39-27(19)16-5-6-16)25-20(29)3-2-4-21(25)30/h2-4,7-8,13-14,16,18H,5-6,9-12,15H2,1H3,(H,36,37). The number of ether oxygens (including phenoxy) is 1. The minimum absolute atomic E-state index is 0.105. The Bertz CT molecular complexity index is 1480. The number of piperidine rings is 1. The summed E-state index contributed by atoms with van der Waals surface area (Å²) < 4.78 is 13.5. The first-order valence-corrected chi connectivity index (χ1v) is 13.7. The number of carbonyl (C=O) groups is 1. The van der Waals surface area contributed by atoms with Crippen LogP contribution < -0.4 is 4.90 Å². The number of hydrogen-bond acceptors (Lipinski definition) is 7. The van der Waals surface area contributed by atoms with Crippen LogP contribution in [-0.4, -0.2) is 50.2 Å². The lowest BCUT2D eigenvalue weighted by Gasteiger charge is -2.33. The lowest BCUT2D eigenvalue weighted by Crippen LogP contribution is -2.37. The first-order chi connectivity index (χ1) is 18.9. The number of rotatable bonds is 8. The van der Waals surface area contributed by atoms with E-state index < -0.39 is 5.97 Å². The van der Waals surface area contributed by atoms with Gasteiger partial charge in [0.2, 0.25) is 0 Å². The van der Waals surface area contributed by atoms with E-state index in [4.69, 9.17) is 32.5 Å². The van der Waals surface area contributed by atoms with Gasteiger partial charge >= 0.3 is 5.97 Å². The van der Waals surface area contributed by atoms with Gasteiger partial charge < -0.3 is 19.3 Å². The molecule has 0 amide bonds. The van der Waals surface area contributed by atoms with Crippen LogP contribution in [0.15, 0.2) is 47.1 Å². The molecule has 3 aromatic heterocycles. The Kier molecular flexibility index (Phi) is 7.05. The maximum Gasteiger partial charge on any atom is 0.354 e. The Labute approximate surface area is 235 Å². The molecule has 1 saturated heterocycles. The second-order valence-corrected chi connectivity index (χ2v) is 10.8. The Morgan fingerprint density at radius 1 is 1.10 bits per heavy atom. The lowest BCUT2D eigenvalue weighted by molar-refractivity contribution is 0.0246. The highest BCUT2D eigenvalue weighted by atomic mass is 35.5. The highest BCUT2D eigenvalue weighted by molar-refractivity contribution is 6.39. The van der Waals surface area contributed by atoms with Crippen LogP contribution in [-0.2, 0) is 18.4 Å². The number of hydrogen-bond donors (Lipinski definition) is 1. The van der Waals surface area contributed by atoms with E-state index in [2.05, 4.69) is 20.1 Å². The highest BCUT2D eigenvalue weighted by Crippen LogP contribution is 2.46. The Balaban J connectivity index is 1.10. The van der Waals surface area contributed by atoms with Gasteiger partial charge in [-0.2, -0.15) is 5.10 Å². The van der Waals surface area contributed by atoms with Crippen LogP contribution in [0.2, 0.25) is 10.0 Å². The van der Waals surface area contributed by atoms with Crippen LogP contribution in [0, 0.1) is 0 Å². The molecule has 6 rings (SSSR count). The summed E-state index contributed by atoms with van der Waals surface area (Å²) in [6.07, 6.45) is 5.83. The largest absolute Gasteiger partial charge is 0.477 e. The summed E-state index contributed by atoms with van der Waals surface area (Å²) in [4.78, 5) is 18.1. The Morgan fingerprint density at radius 2 is 1.85 bits per heavy atom. The smallest absolute Gasteiger partial charge is 0.354 e. The molecule has 1 aliphatic heterocycles. The van der Waals surface area contributed by atoms with Crippen LogP contribution in [0.1, 0.15) is 53.4 Å². The van der Waals surface area contributed by atoms with Crippen molar-refractivity contribution in [1.29, 1.82) is 0 Å². The van der Waals surface area contributed by atoms with Gasteiger partial charge in [0, 0.05) is 43.2 Å². The monoisotopic (exact) mass is 567 g/mol. The minimum atomic E-state index is -1.02. The Morgan fingerprint density at radius 3 is 2.46 bits per heavy atom. The van der Waals surface area contributed by atoms with Crippen molar-refractivity contribution in [2.75, 3.05) is 18.0 Å². The van der Waals surface area contributed by atoms with Crippen LogP contribution in [0.3, 0.4) is 0 Å². The van der Waals surface area contributed by atoms with E-state index in [1.807, 2.05) is 24.4 Å². The second kappa shape index (κ2) is 10.6. The number of pyridine rings is 1. The van der Waals surface area contributed by atoms with E-state index in [0.29, 0.717) is 45.2 Å². The minimum Gasteiger partial charge on any atom is -0.477 e. The first-order valence-electron chi connectivity index (χ1n) is 12.9. The van der Waals surface area contributed by atoms with E-state index in [9.17, 15) is 9.90 Å². The van der Waals surface area contributed by atoms with Gasteiger partial charge in [0.1, 0.15) is 22.8 Å². The molecule has 2 aliphatic rings. The van der Waals surface area contributed by atoms with Crippen LogP contribution in [0.25, 0.3) is 22.6 Å². The molecule has 9 nitrogen and oxygen atoms in total. The van der Waals surface area contributed by atoms with Crippen molar-refractivity contribution in [2.24, 2.45) is 7.05 Å². The molecule has 11 heteroatoms. The van der Waals surface area contributed by atoms with Gasteiger partial charge in [0.25, 0.3) is 0 Å². The van der Waals surface area contributed by atoms with Gasteiger partial charge in [-0.3, -0.25) is 9.67 Å². The summed E-state index contributed by atoms with van der Waals surface area (Å²) in [5, 5.41) is 19.0. The number of carboxylic acid groups (broad SMARTS) is 1. The number of carboxylic acids is 1. The van der Waals surface area contributed by atoms with E-state index in [-0.39, 0.29) is 11.8 Å². The van der Waals surface area contributed by atoms with Crippen molar-refractivity contribution in [2.45, 2.75) is 44.3 Å². The molecule has 0 spiro atoms. The zero-order chi connectivity index (χ0) is 27.1. The van der Waals surface area contributed by atoms with Gasteiger partial charge in [0.05, 0.1) is 40.3 Å². The Hall–Kier alpha value is -3.40. The zero-order valence-corrected chi connectivity index (χ0v) is 22.8. The lowest BCUT2D eigenvalue weighted by atomic mass is 10.0. The molecule has 1 saturated carbocycles. The molecule has 39 heavy (non-hydrogen) atoms. The third-order valence-corrected chi connectivity index (χ3v) is 7.98. The SMILES string of the molecule is Cn1nc(-c2ccc(N3CCC(OCc4c(-c5c(Cl)cccc5Cl)noc4C4CC4)CC3)cn2)cc1C(=O)O. The van der Waals surface area contributed by atoms with Crippen LogP contribution >= 0.6 is 23.2 Å². The molecule has 4 aromatic rings. The maximum absolute atomic E-state index is 11.3. The quantitative estimate of drug-likeness (QED) is 0.268. The predicted octanol–water partition coefficient (Wildman–Crippen LogP) is 6.21. The van der Waals surface area contributed by atoms with E-state index in [0.717, 1.165) is 55.8 Å². The number of anilines is 1. The average Bonchev–Trinajstić information content (AvgIpc) is 3.57. The van der Waals surface area contributed by atoms with Crippen LogP contribution in [0.5, 0.6) is 0 Å². The van der Waals surface area contributed by atoms with E-state index >= 15 is 0 Å². The number of aryl methyl sites for hydroxylation is 1. The number of nitrogens with zero attached hydrogens (tertiary/aromatic N) is 5.